The molecule has 2 N–H and O–H groups in total. The first-order valence-corrected chi connectivity index (χ1v) is 5.48. The van der Waals surface area contributed by atoms with Gasteiger partial charge in [-0.2, -0.15) is 0 Å². The van der Waals surface area contributed by atoms with Gasteiger partial charge >= 0.3 is 0 Å². The van der Waals surface area contributed by atoms with E-state index < -0.39 is 0 Å². The fraction of sp³-hybridized carbons (Fsp3) is 0.500. The molecule has 1 aromatic carbocycles. The number of likely N-dealkylation sites (tertiary alicyclic amines) is 1. The summed E-state index contributed by atoms with van der Waals surface area (Å²) in [6.07, 6.45) is 1.33. The molecule has 4 heteroatoms. The Bertz CT molecular complexity index is 370. The van der Waals surface area contributed by atoms with Crippen molar-refractivity contribution in [1.29, 1.82) is 0 Å². The first-order chi connectivity index (χ1) is 7.69. The molecule has 2 rings (SSSR count). The second-order valence-corrected chi connectivity index (χ2v) is 4.22. The molecular weight excluding hydrogens is 207 g/mol. The maximum atomic E-state index is 13.1. The van der Waals surface area contributed by atoms with Crippen LogP contribution < -0.4 is 5.73 Å². The molecule has 0 bridgehead atoms. The zero-order valence-corrected chi connectivity index (χ0v) is 9.45. The van der Waals surface area contributed by atoms with Crippen molar-refractivity contribution in [3.63, 3.8) is 0 Å². The van der Waals surface area contributed by atoms with E-state index in [-0.39, 0.29) is 5.82 Å². The largest absolute Gasteiger partial charge is 0.398 e. The van der Waals surface area contributed by atoms with Crippen LogP contribution in [0.25, 0.3) is 0 Å². The van der Waals surface area contributed by atoms with Crippen LogP contribution in [-0.4, -0.2) is 31.2 Å². The lowest BCUT2D eigenvalue weighted by molar-refractivity contribution is 0.107. The number of hydrogen-bond donors (Lipinski definition) is 1. The van der Waals surface area contributed by atoms with Crippen LogP contribution in [-0.2, 0) is 11.3 Å². The number of ether oxygens (including phenoxy) is 1. The van der Waals surface area contributed by atoms with Gasteiger partial charge in [0.15, 0.2) is 0 Å². The highest BCUT2D eigenvalue weighted by Crippen LogP contribution is 2.19. The number of nitrogens with zero attached hydrogens (tertiary/aromatic N) is 1. The van der Waals surface area contributed by atoms with E-state index in [2.05, 4.69) is 4.90 Å². The summed E-state index contributed by atoms with van der Waals surface area (Å²) in [4.78, 5) is 2.24. The number of methoxy groups -OCH3 is 1. The predicted octanol–water partition coefficient (Wildman–Crippen LogP) is 1.63. The Morgan fingerprint density at radius 3 is 3.06 bits per heavy atom. The summed E-state index contributed by atoms with van der Waals surface area (Å²) in [5, 5.41) is 0. The Morgan fingerprint density at radius 1 is 1.56 bits per heavy atom. The lowest BCUT2D eigenvalue weighted by Gasteiger charge is -2.16. The highest BCUT2D eigenvalue weighted by atomic mass is 19.1. The number of nitrogen functional groups attached to an aromatic ring is 1. The minimum Gasteiger partial charge on any atom is -0.398 e. The summed E-state index contributed by atoms with van der Waals surface area (Å²) >= 11 is 0. The number of halogens is 1. The molecule has 1 aliphatic rings. The van der Waals surface area contributed by atoms with E-state index >= 15 is 0 Å². The van der Waals surface area contributed by atoms with Crippen LogP contribution in [0.5, 0.6) is 0 Å². The Hall–Kier alpha value is -1.13. The lowest BCUT2D eigenvalue weighted by Crippen LogP contribution is -2.23. The summed E-state index contributed by atoms with van der Waals surface area (Å²) in [6, 6.07) is 4.52. The van der Waals surface area contributed by atoms with Crippen LogP contribution >= 0.6 is 0 Å². The molecule has 1 fully saturated rings. The SMILES string of the molecule is COC1CCN(Cc2cc(F)ccc2N)C1. The van der Waals surface area contributed by atoms with E-state index in [0.717, 1.165) is 25.1 Å². The monoisotopic (exact) mass is 224 g/mol. The van der Waals surface area contributed by atoms with E-state index in [0.29, 0.717) is 18.3 Å². The summed E-state index contributed by atoms with van der Waals surface area (Å²) < 4.78 is 18.4. The molecule has 1 unspecified atom stereocenters. The zero-order chi connectivity index (χ0) is 11.5. The van der Waals surface area contributed by atoms with Gasteiger partial charge < -0.3 is 10.5 Å². The molecule has 1 heterocycles. The van der Waals surface area contributed by atoms with Crippen molar-refractivity contribution >= 4 is 5.69 Å². The molecule has 0 aromatic heterocycles. The van der Waals surface area contributed by atoms with Gasteiger partial charge in [-0.15, -0.1) is 0 Å². The van der Waals surface area contributed by atoms with Gasteiger partial charge in [-0.1, -0.05) is 0 Å². The minimum atomic E-state index is -0.230. The van der Waals surface area contributed by atoms with Crippen molar-refractivity contribution in [1.82, 2.24) is 4.90 Å². The molecule has 1 atom stereocenters. The van der Waals surface area contributed by atoms with Crippen LogP contribution in [0.15, 0.2) is 18.2 Å². The number of rotatable bonds is 3. The number of nitrogens with two attached hydrogens (primary N) is 1. The Kier molecular flexibility index (Phi) is 3.41. The Labute approximate surface area is 95.0 Å². The van der Waals surface area contributed by atoms with Gasteiger partial charge in [0.1, 0.15) is 5.82 Å². The second-order valence-electron chi connectivity index (χ2n) is 4.22. The van der Waals surface area contributed by atoms with Crippen LogP contribution in [0.1, 0.15) is 12.0 Å². The first kappa shape index (κ1) is 11.4. The van der Waals surface area contributed by atoms with Gasteiger partial charge in [0.2, 0.25) is 0 Å². The van der Waals surface area contributed by atoms with E-state index in [4.69, 9.17) is 10.5 Å². The number of benzene rings is 1. The third kappa shape index (κ3) is 2.51. The van der Waals surface area contributed by atoms with E-state index in [1.807, 2.05) is 0 Å². The van der Waals surface area contributed by atoms with Crippen molar-refractivity contribution in [2.45, 2.75) is 19.1 Å². The molecule has 0 radical (unpaired) electrons. The lowest BCUT2D eigenvalue weighted by atomic mass is 10.1. The van der Waals surface area contributed by atoms with Crippen LogP contribution in [0.2, 0.25) is 0 Å². The fourth-order valence-electron chi connectivity index (χ4n) is 2.09. The standard InChI is InChI=1S/C12H17FN2O/c1-16-11-4-5-15(8-11)7-9-6-10(13)2-3-12(9)14/h2-3,6,11H,4-5,7-8,14H2,1H3. The zero-order valence-electron chi connectivity index (χ0n) is 9.45. The maximum absolute atomic E-state index is 13.1. The summed E-state index contributed by atoms with van der Waals surface area (Å²) in [5.74, 6) is -0.230. The van der Waals surface area contributed by atoms with Crippen molar-refractivity contribution in [2.24, 2.45) is 0 Å². The molecule has 3 nitrogen and oxygen atoms in total. The van der Waals surface area contributed by atoms with Gasteiger partial charge in [0.25, 0.3) is 0 Å². The predicted molar refractivity (Wildman–Crippen MR) is 61.5 cm³/mol. The smallest absolute Gasteiger partial charge is 0.123 e. The molecule has 16 heavy (non-hydrogen) atoms. The first-order valence-electron chi connectivity index (χ1n) is 5.48. The molecule has 1 saturated heterocycles. The van der Waals surface area contributed by atoms with Gasteiger partial charge in [-0.3, -0.25) is 4.90 Å². The third-order valence-electron chi connectivity index (χ3n) is 3.06. The van der Waals surface area contributed by atoms with Crippen molar-refractivity contribution < 1.29 is 9.13 Å². The van der Waals surface area contributed by atoms with Crippen molar-refractivity contribution in [3.05, 3.63) is 29.6 Å². The summed E-state index contributed by atoms with van der Waals surface area (Å²) in [5.41, 5.74) is 7.32. The molecule has 1 aliphatic heterocycles. The molecule has 88 valence electrons. The van der Waals surface area contributed by atoms with Gasteiger partial charge in [-0.05, 0) is 30.2 Å². The molecule has 0 saturated carbocycles. The Morgan fingerprint density at radius 2 is 2.38 bits per heavy atom. The highest BCUT2D eigenvalue weighted by Gasteiger charge is 2.22. The average Bonchev–Trinajstić information content (AvgIpc) is 2.71. The van der Waals surface area contributed by atoms with Crippen molar-refractivity contribution in [3.8, 4) is 0 Å². The fourth-order valence-corrected chi connectivity index (χ4v) is 2.09. The van der Waals surface area contributed by atoms with Crippen LogP contribution in [0.3, 0.4) is 0 Å². The van der Waals surface area contributed by atoms with E-state index in [9.17, 15) is 4.39 Å². The average molecular weight is 224 g/mol. The quantitative estimate of drug-likeness (QED) is 0.793. The molecule has 0 aliphatic carbocycles. The highest BCUT2D eigenvalue weighted by molar-refractivity contribution is 5.46. The summed E-state index contributed by atoms with van der Waals surface area (Å²) in [6.45, 7) is 2.57. The number of hydrogen-bond acceptors (Lipinski definition) is 3. The maximum Gasteiger partial charge on any atom is 0.123 e. The summed E-state index contributed by atoms with van der Waals surface area (Å²) in [7, 11) is 1.73. The topological polar surface area (TPSA) is 38.5 Å². The molecule has 0 spiro atoms. The Balaban J connectivity index is 2.01. The normalized spacial score (nSPS) is 21.5. The van der Waals surface area contributed by atoms with Crippen LogP contribution in [0.4, 0.5) is 10.1 Å². The van der Waals surface area contributed by atoms with E-state index in [1.54, 1.807) is 13.2 Å². The molecular formula is C12H17FN2O. The van der Waals surface area contributed by atoms with Crippen molar-refractivity contribution in [2.75, 3.05) is 25.9 Å². The second kappa shape index (κ2) is 4.80. The third-order valence-corrected chi connectivity index (χ3v) is 3.06. The van der Waals surface area contributed by atoms with Gasteiger partial charge in [-0.25, -0.2) is 4.39 Å². The van der Waals surface area contributed by atoms with Gasteiger partial charge in [0, 0.05) is 32.4 Å². The molecule has 0 amide bonds. The number of anilines is 1. The minimum absolute atomic E-state index is 0.230. The van der Waals surface area contributed by atoms with E-state index in [1.165, 1.54) is 12.1 Å². The van der Waals surface area contributed by atoms with Gasteiger partial charge in [0.05, 0.1) is 6.10 Å². The van der Waals surface area contributed by atoms with Crippen LogP contribution in [0, 0.1) is 5.82 Å². The molecule has 1 aromatic rings.